The summed E-state index contributed by atoms with van der Waals surface area (Å²) in [7, 11) is 2.15. The first-order valence-corrected chi connectivity index (χ1v) is 14.6. The molecule has 0 saturated carbocycles. The molecular formula is C40H36N2. The van der Waals surface area contributed by atoms with Gasteiger partial charge in [0.05, 0.1) is 5.69 Å². The molecule has 0 aromatic heterocycles. The van der Waals surface area contributed by atoms with E-state index in [1.54, 1.807) is 0 Å². The molecule has 0 N–H and O–H groups in total. The summed E-state index contributed by atoms with van der Waals surface area (Å²) >= 11 is 0. The molecule has 2 heteroatoms. The molecule has 0 spiro atoms. The van der Waals surface area contributed by atoms with Crippen molar-refractivity contribution in [3.05, 3.63) is 169 Å². The lowest BCUT2D eigenvalue weighted by molar-refractivity contribution is 0.907. The van der Waals surface area contributed by atoms with Gasteiger partial charge in [0, 0.05) is 40.8 Å². The molecule has 1 aliphatic rings. The third-order valence-corrected chi connectivity index (χ3v) is 8.09. The molecule has 42 heavy (non-hydrogen) atoms. The maximum atomic E-state index is 4.66. The highest BCUT2D eigenvalue weighted by Crippen LogP contribution is 2.40. The highest BCUT2D eigenvalue weighted by molar-refractivity contribution is 6.02. The zero-order valence-electron chi connectivity index (χ0n) is 24.4. The third-order valence-electron chi connectivity index (χ3n) is 8.09. The summed E-state index contributed by atoms with van der Waals surface area (Å²) in [5.41, 5.74) is 10.6. The average Bonchev–Trinajstić information content (AvgIpc) is 3.06. The largest absolute Gasteiger partial charge is 0.348 e. The Bertz CT molecular complexity index is 1800. The van der Waals surface area contributed by atoms with Crippen LogP contribution < -0.4 is 9.80 Å². The first-order chi connectivity index (χ1) is 20.6. The van der Waals surface area contributed by atoms with Gasteiger partial charge in [0.1, 0.15) is 0 Å². The number of rotatable bonds is 8. The van der Waals surface area contributed by atoms with E-state index in [-0.39, 0.29) is 0 Å². The van der Waals surface area contributed by atoms with E-state index < -0.39 is 0 Å². The first kappa shape index (κ1) is 27.1. The predicted octanol–water partition coefficient (Wildman–Crippen LogP) is 10.9. The van der Waals surface area contributed by atoms with Gasteiger partial charge in [0.2, 0.25) is 0 Å². The van der Waals surface area contributed by atoms with Gasteiger partial charge < -0.3 is 9.80 Å². The van der Waals surface area contributed by atoms with E-state index in [1.807, 2.05) is 0 Å². The summed E-state index contributed by atoms with van der Waals surface area (Å²) in [6.07, 6.45) is 10.8. The van der Waals surface area contributed by atoms with Crippen molar-refractivity contribution in [1.29, 1.82) is 0 Å². The number of nitrogens with zero attached hydrogens (tertiary/aromatic N) is 2. The van der Waals surface area contributed by atoms with Gasteiger partial charge >= 0.3 is 0 Å². The van der Waals surface area contributed by atoms with Crippen molar-refractivity contribution in [2.24, 2.45) is 0 Å². The summed E-state index contributed by atoms with van der Waals surface area (Å²) in [6.45, 7) is 6.71. The Balaban J connectivity index is 1.37. The van der Waals surface area contributed by atoms with Gasteiger partial charge in [-0.2, -0.15) is 0 Å². The lowest BCUT2D eigenvalue weighted by Crippen LogP contribution is -2.17. The quantitative estimate of drug-likeness (QED) is 0.192. The lowest BCUT2D eigenvalue weighted by Gasteiger charge is -2.30. The Morgan fingerprint density at radius 2 is 1.40 bits per heavy atom. The molecule has 0 heterocycles. The number of anilines is 3. The fraction of sp³-hybridized carbons (Fsp3) is 0.100. The van der Waals surface area contributed by atoms with Crippen molar-refractivity contribution >= 4 is 45.2 Å². The van der Waals surface area contributed by atoms with Gasteiger partial charge in [-0.15, -0.1) is 0 Å². The molecule has 2 nitrogen and oxygen atoms in total. The third kappa shape index (κ3) is 5.44. The Morgan fingerprint density at radius 1 is 0.690 bits per heavy atom. The molecule has 0 bridgehead atoms. The first-order valence-electron chi connectivity index (χ1n) is 14.6. The minimum absolute atomic E-state index is 0.946. The molecule has 1 aliphatic carbocycles. The van der Waals surface area contributed by atoms with Crippen LogP contribution in [0.3, 0.4) is 0 Å². The maximum absolute atomic E-state index is 4.66. The predicted molar refractivity (Wildman–Crippen MR) is 183 cm³/mol. The van der Waals surface area contributed by atoms with Gasteiger partial charge in [0.15, 0.2) is 0 Å². The van der Waals surface area contributed by atoms with Crippen LogP contribution in [0.2, 0.25) is 0 Å². The molecule has 0 unspecified atom stereocenters. The normalized spacial score (nSPS) is 13.1. The van der Waals surface area contributed by atoms with Crippen LogP contribution in [0.1, 0.15) is 36.5 Å². The second-order valence-electron chi connectivity index (χ2n) is 10.7. The van der Waals surface area contributed by atoms with Crippen LogP contribution in [0.25, 0.3) is 28.1 Å². The van der Waals surface area contributed by atoms with Crippen molar-refractivity contribution in [2.45, 2.75) is 19.8 Å². The van der Waals surface area contributed by atoms with Crippen LogP contribution in [0.5, 0.6) is 0 Å². The van der Waals surface area contributed by atoms with Gasteiger partial charge in [0.25, 0.3) is 0 Å². The molecule has 0 radical (unpaired) electrons. The van der Waals surface area contributed by atoms with E-state index in [0.29, 0.717) is 0 Å². The van der Waals surface area contributed by atoms with E-state index >= 15 is 0 Å². The summed E-state index contributed by atoms with van der Waals surface area (Å²) in [5.74, 6) is 0. The monoisotopic (exact) mass is 544 g/mol. The van der Waals surface area contributed by atoms with Crippen molar-refractivity contribution in [2.75, 3.05) is 16.8 Å². The average molecular weight is 545 g/mol. The fourth-order valence-corrected chi connectivity index (χ4v) is 5.84. The minimum Gasteiger partial charge on any atom is -0.348 e. The number of benzene rings is 5. The summed E-state index contributed by atoms with van der Waals surface area (Å²) in [5, 5.41) is 2.41. The van der Waals surface area contributed by atoms with E-state index in [0.717, 1.165) is 41.0 Å². The smallest absolute Gasteiger partial charge is 0.0540 e. The van der Waals surface area contributed by atoms with Crippen LogP contribution in [0, 0.1) is 0 Å². The number of hydrogen-bond acceptors (Lipinski definition) is 2. The second-order valence-corrected chi connectivity index (χ2v) is 10.7. The molecule has 5 aromatic carbocycles. The highest BCUT2D eigenvalue weighted by Gasteiger charge is 2.19. The van der Waals surface area contributed by atoms with E-state index in [2.05, 4.69) is 176 Å². The molecule has 5 aromatic rings. The van der Waals surface area contributed by atoms with Crippen molar-refractivity contribution in [1.82, 2.24) is 0 Å². The van der Waals surface area contributed by atoms with Crippen LogP contribution >= 0.6 is 0 Å². The fourth-order valence-electron chi connectivity index (χ4n) is 5.84. The van der Waals surface area contributed by atoms with Gasteiger partial charge in [-0.05, 0) is 78.3 Å². The summed E-state index contributed by atoms with van der Waals surface area (Å²) in [6, 6.07) is 43.1. The Hall–Kier alpha value is -5.08. The van der Waals surface area contributed by atoms with Crippen LogP contribution in [-0.4, -0.2) is 7.05 Å². The molecule has 0 saturated heterocycles. The topological polar surface area (TPSA) is 6.48 Å². The molecule has 0 atom stereocenters. The minimum atomic E-state index is 0.946. The van der Waals surface area contributed by atoms with Crippen molar-refractivity contribution < 1.29 is 0 Å². The van der Waals surface area contributed by atoms with Crippen LogP contribution in [-0.2, 0) is 0 Å². The second kappa shape index (κ2) is 12.2. The summed E-state index contributed by atoms with van der Waals surface area (Å²) < 4.78 is 0. The van der Waals surface area contributed by atoms with E-state index in [9.17, 15) is 0 Å². The van der Waals surface area contributed by atoms with Crippen LogP contribution in [0.4, 0.5) is 17.1 Å². The Morgan fingerprint density at radius 3 is 2.17 bits per heavy atom. The number of hydrogen-bond donors (Lipinski definition) is 0. The Kier molecular flexibility index (Phi) is 7.87. The SMILES string of the molecule is C=C(c1ccccc1/C=C\C)N(c1ccc(C2=CC=C(N(C)c3ccccc3)CC2)cc1)c1cccc2ccccc12. The van der Waals surface area contributed by atoms with E-state index in [4.69, 9.17) is 0 Å². The van der Waals surface area contributed by atoms with Crippen molar-refractivity contribution in [3.63, 3.8) is 0 Å². The number of para-hydroxylation sites is 1. The number of fused-ring (bicyclic) bond motifs is 1. The molecule has 0 aliphatic heterocycles. The highest BCUT2D eigenvalue weighted by atomic mass is 15.1. The van der Waals surface area contributed by atoms with Crippen molar-refractivity contribution in [3.8, 4) is 0 Å². The zero-order chi connectivity index (χ0) is 28.9. The zero-order valence-corrected chi connectivity index (χ0v) is 24.4. The van der Waals surface area contributed by atoms with Gasteiger partial charge in [-0.3, -0.25) is 0 Å². The Labute approximate surface area is 249 Å². The van der Waals surface area contributed by atoms with Gasteiger partial charge in [-0.25, -0.2) is 0 Å². The van der Waals surface area contributed by atoms with Crippen LogP contribution in [0.15, 0.2) is 152 Å². The summed E-state index contributed by atoms with van der Waals surface area (Å²) in [4.78, 5) is 4.59. The molecule has 206 valence electrons. The van der Waals surface area contributed by atoms with Gasteiger partial charge in [-0.1, -0.05) is 116 Å². The molecule has 6 rings (SSSR count). The maximum Gasteiger partial charge on any atom is 0.0540 e. The standard InChI is InChI=1S/C40H36N2/c1-4-13-33-14-8-10-19-38(33)30(2)42(40-21-12-16-34-15-9-11-20-39(34)40)37-28-24-32(25-29-37)31-22-26-36(27-23-31)41(3)35-17-6-5-7-18-35/h4-22,24-26,28-29H,2,23,27H2,1,3H3/b13-4-. The molecule has 0 amide bonds. The molecule has 0 fully saturated rings. The lowest BCUT2D eigenvalue weighted by atomic mass is 9.94. The molecular weight excluding hydrogens is 508 g/mol. The van der Waals surface area contributed by atoms with E-state index in [1.165, 1.54) is 33.3 Å². The number of allylic oxidation sites excluding steroid dienone is 5.